The fraction of sp³-hybridized carbons (Fsp3) is 0.148. The molecule has 1 fully saturated rings. The van der Waals surface area contributed by atoms with Crippen LogP contribution in [0.25, 0.3) is 22.4 Å². The lowest BCUT2D eigenvalue weighted by atomic mass is 10.00. The third-order valence-electron chi connectivity index (χ3n) is 5.85. The number of aromatic amines is 1. The van der Waals surface area contributed by atoms with Crippen molar-refractivity contribution in [1.29, 1.82) is 0 Å². The Morgan fingerprint density at radius 3 is 2.36 bits per heavy atom. The van der Waals surface area contributed by atoms with Crippen LogP contribution in [0.2, 0.25) is 0 Å². The van der Waals surface area contributed by atoms with Crippen LogP contribution < -0.4 is 4.90 Å². The Morgan fingerprint density at radius 2 is 1.67 bits per heavy atom. The number of anilines is 1. The highest BCUT2D eigenvalue weighted by Crippen LogP contribution is 2.39. The largest absolute Gasteiger partial charge is 0.284 e. The molecular weight excluding hydrogens is 410 g/mol. The maximum absolute atomic E-state index is 13.3. The highest BCUT2D eigenvalue weighted by atomic mass is 16.2. The first-order valence-electron chi connectivity index (χ1n) is 10.9. The van der Waals surface area contributed by atoms with E-state index in [0.29, 0.717) is 31.1 Å². The van der Waals surface area contributed by atoms with E-state index in [1.165, 1.54) is 11.1 Å². The summed E-state index contributed by atoms with van der Waals surface area (Å²) in [6, 6.07) is 22.3. The van der Waals surface area contributed by atoms with E-state index in [9.17, 15) is 4.79 Å². The molecule has 2 aromatic heterocycles. The van der Waals surface area contributed by atoms with E-state index >= 15 is 0 Å². The fourth-order valence-corrected chi connectivity index (χ4v) is 4.26. The van der Waals surface area contributed by atoms with E-state index in [4.69, 9.17) is 0 Å². The van der Waals surface area contributed by atoms with Gasteiger partial charge < -0.3 is 0 Å². The summed E-state index contributed by atoms with van der Waals surface area (Å²) in [5.41, 5.74) is 6.74. The molecule has 4 aromatic rings. The first-order chi connectivity index (χ1) is 16.1. The van der Waals surface area contributed by atoms with Gasteiger partial charge >= 0.3 is 0 Å². The van der Waals surface area contributed by atoms with Gasteiger partial charge in [0.1, 0.15) is 0 Å². The number of piperazine rings is 1. The summed E-state index contributed by atoms with van der Waals surface area (Å²) in [5.74, 6) is 0.533. The second-order valence-corrected chi connectivity index (χ2v) is 8.33. The Morgan fingerprint density at radius 1 is 0.939 bits per heavy atom. The molecule has 0 saturated carbocycles. The smallest absolute Gasteiger partial charge is 0.246 e. The topological polar surface area (TPSA) is 65.1 Å². The van der Waals surface area contributed by atoms with Gasteiger partial charge in [0.15, 0.2) is 5.82 Å². The fourth-order valence-electron chi connectivity index (χ4n) is 4.26. The molecule has 164 valence electrons. The van der Waals surface area contributed by atoms with Gasteiger partial charge in [-0.1, -0.05) is 66.7 Å². The summed E-state index contributed by atoms with van der Waals surface area (Å²) in [7, 11) is 0. The van der Waals surface area contributed by atoms with Crippen LogP contribution in [0.3, 0.4) is 0 Å². The van der Waals surface area contributed by atoms with E-state index in [-0.39, 0.29) is 5.91 Å². The van der Waals surface area contributed by atoms with Crippen LogP contribution in [-0.4, -0.2) is 39.1 Å². The summed E-state index contributed by atoms with van der Waals surface area (Å²) in [6.45, 7) is 7.89. The number of hydrogen-bond acceptors (Lipinski definition) is 4. The Bertz CT molecular complexity index is 1260. The molecule has 0 bridgehead atoms. The van der Waals surface area contributed by atoms with Crippen molar-refractivity contribution < 1.29 is 4.79 Å². The van der Waals surface area contributed by atoms with E-state index < -0.39 is 0 Å². The van der Waals surface area contributed by atoms with Crippen molar-refractivity contribution >= 4 is 11.7 Å². The number of benzene rings is 2. The second-order valence-electron chi connectivity index (χ2n) is 8.33. The molecular formula is C27H25N5O. The molecule has 5 rings (SSSR count). The highest BCUT2D eigenvalue weighted by Gasteiger charge is 2.33. The van der Waals surface area contributed by atoms with Gasteiger partial charge in [0.25, 0.3) is 0 Å². The maximum Gasteiger partial charge on any atom is 0.246 e. The lowest BCUT2D eigenvalue weighted by molar-refractivity contribution is -0.120. The van der Waals surface area contributed by atoms with Crippen LogP contribution in [-0.2, 0) is 11.3 Å². The van der Waals surface area contributed by atoms with Crippen molar-refractivity contribution in [2.75, 3.05) is 18.0 Å². The van der Waals surface area contributed by atoms with Gasteiger partial charge in [-0.2, -0.15) is 5.10 Å². The predicted octanol–water partition coefficient (Wildman–Crippen LogP) is 4.81. The molecule has 1 aliphatic rings. The normalized spacial score (nSPS) is 14.6. The molecule has 0 unspecified atom stereocenters. The van der Waals surface area contributed by atoms with Crippen LogP contribution in [0.4, 0.5) is 5.82 Å². The summed E-state index contributed by atoms with van der Waals surface area (Å²) >= 11 is 0. The number of aromatic nitrogens is 3. The van der Waals surface area contributed by atoms with Crippen molar-refractivity contribution in [3.8, 4) is 22.4 Å². The van der Waals surface area contributed by atoms with Crippen LogP contribution >= 0.6 is 0 Å². The van der Waals surface area contributed by atoms with Crippen molar-refractivity contribution in [3.05, 3.63) is 103 Å². The van der Waals surface area contributed by atoms with Crippen molar-refractivity contribution in [2.45, 2.75) is 13.5 Å². The first-order valence-corrected chi connectivity index (χ1v) is 10.9. The van der Waals surface area contributed by atoms with Crippen LogP contribution in [0.1, 0.15) is 11.1 Å². The van der Waals surface area contributed by atoms with E-state index in [2.05, 4.69) is 70.0 Å². The average molecular weight is 436 g/mol. The zero-order valence-electron chi connectivity index (χ0n) is 18.5. The summed E-state index contributed by atoms with van der Waals surface area (Å²) in [4.78, 5) is 21.3. The number of rotatable bonds is 5. The molecule has 1 aliphatic heterocycles. The van der Waals surface area contributed by atoms with E-state index in [1.54, 1.807) is 17.3 Å². The minimum absolute atomic E-state index is 0.0422. The minimum Gasteiger partial charge on any atom is -0.284 e. The highest BCUT2D eigenvalue weighted by molar-refractivity contribution is 6.03. The zero-order valence-corrected chi connectivity index (χ0v) is 18.5. The van der Waals surface area contributed by atoms with Gasteiger partial charge in [-0.3, -0.25) is 24.7 Å². The molecule has 33 heavy (non-hydrogen) atoms. The summed E-state index contributed by atoms with van der Waals surface area (Å²) in [6.07, 6.45) is 3.50. The van der Waals surface area contributed by atoms with Gasteiger partial charge in [-0.05, 0) is 30.2 Å². The number of amides is 1. The molecule has 1 saturated heterocycles. The summed E-state index contributed by atoms with van der Waals surface area (Å²) in [5, 5.41) is 7.78. The van der Waals surface area contributed by atoms with Gasteiger partial charge in [-0.25, -0.2) is 0 Å². The number of carbonyl (C=O) groups excluding carboxylic acids is 1. The third-order valence-corrected chi connectivity index (χ3v) is 5.85. The number of aryl methyl sites for hydroxylation is 1. The lowest BCUT2D eigenvalue weighted by Crippen LogP contribution is -2.48. The zero-order chi connectivity index (χ0) is 22.8. The Kier molecular flexibility index (Phi) is 5.59. The van der Waals surface area contributed by atoms with Crippen LogP contribution in [0.15, 0.2) is 91.4 Å². The predicted molar refractivity (Wildman–Crippen MR) is 130 cm³/mol. The SMILES string of the molecule is C=C1CN(Cc2ccccc2)CC(=O)N1c1n[nH]c(-c2ccc(C)cc2)c1-c1ccncc1. The number of H-pyrrole nitrogens is 1. The number of nitrogens with zero attached hydrogens (tertiary/aromatic N) is 4. The molecule has 0 aliphatic carbocycles. The van der Waals surface area contributed by atoms with E-state index in [0.717, 1.165) is 22.4 Å². The number of hydrogen-bond donors (Lipinski definition) is 1. The maximum atomic E-state index is 13.3. The summed E-state index contributed by atoms with van der Waals surface area (Å²) < 4.78 is 0. The minimum atomic E-state index is -0.0422. The molecule has 1 amide bonds. The molecule has 2 aromatic carbocycles. The van der Waals surface area contributed by atoms with Crippen LogP contribution in [0, 0.1) is 6.92 Å². The second kappa shape index (κ2) is 8.84. The average Bonchev–Trinajstić information content (AvgIpc) is 3.25. The Balaban J connectivity index is 1.51. The van der Waals surface area contributed by atoms with Crippen molar-refractivity contribution in [2.24, 2.45) is 0 Å². The standard InChI is InChI=1S/C27H25N5O/c1-19-8-10-23(11-9-19)26-25(22-12-14-28-15-13-22)27(30-29-26)32-20(2)16-31(18-24(32)33)17-21-6-4-3-5-7-21/h3-15H,2,16-18H2,1H3,(H,29,30). The van der Waals surface area contributed by atoms with Gasteiger partial charge in [-0.15, -0.1) is 0 Å². The van der Waals surface area contributed by atoms with Crippen molar-refractivity contribution in [1.82, 2.24) is 20.1 Å². The molecule has 0 atom stereocenters. The first kappa shape index (κ1) is 20.8. The number of nitrogens with one attached hydrogen (secondary N) is 1. The van der Waals surface area contributed by atoms with Gasteiger partial charge in [0, 0.05) is 36.7 Å². The molecule has 0 spiro atoms. The Hall–Kier alpha value is -4.03. The molecule has 1 N–H and O–H groups in total. The molecule has 6 heteroatoms. The third kappa shape index (κ3) is 4.21. The van der Waals surface area contributed by atoms with Gasteiger partial charge in [0.05, 0.1) is 17.8 Å². The molecule has 3 heterocycles. The van der Waals surface area contributed by atoms with Gasteiger partial charge in [0.2, 0.25) is 5.91 Å². The number of pyridine rings is 1. The quantitative estimate of drug-likeness (QED) is 0.489. The number of carbonyl (C=O) groups is 1. The molecule has 0 radical (unpaired) electrons. The Labute approximate surface area is 193 Å². The van der Waals surface area contributed by atoms with E-state index in [1.807, 2.05) is 30.3 Å². The van der Waals surface area contributed by atoms with Crippen molar-refractivity contribution in [3.63, 3.8) is 0 Å². The van der Waals surface area contributed by atoms with Crippen LogP contribution in [0.5, 0.6) is 0 Å². The molecule has 6 nitrogen and oxygen atoms in total. The monoisotopic (exact) mass is 435 g/mol. The lowest BCUT2D eigenvalue weighted by Gasteiger charge is -2.35.